The maximum Gasteiger partial charge on any atom is 0.147 e. The van der Waals surface area contributed by atoms with E-state index in [1.807, 2.05) is 0 Å². The Morgan fingerprint density at radius 3 is 2.72 bits per heavy atom. The molecule has 0 amide bonds. The predicted molar refractivity (Wildman–Crippen MR) is 95.4 cm³/mol. The lowest BCUT2D eigenvalue weighted by Crippen LogP contribution is -2.34. The highest BCUT2D eigenvalue weighted by atomic mass is 35.5. The van der Waals surface area contributed by atoms with Crippen molar-refractivity contribution in [3.8, 4) is 0 Å². The first-order valence-corrected chi connectivity index (χ1v) is 9.36. The van der Waals surface area contributed by atoms with Gasteiger partial charge < -0.3 is 9.88 Å². The molecule has 1 aromatic carbocycles. The second kappa shape index (κ2) is 7.19. The molecular formula is C17H20Cl2FN5. The van der Waals surface area contributed by atoms with Gasteiger partial charge in [-0.15, -0.1) is 10.2 Å². The average molecular weight is 384 g/mol. The van der Waals surface area contributed by atoms with Gasteiger partial charge in [-0.2, -0.15) is 0 Å². The van der Waals surface area contributed by atoms with E-state index in [-0.39, 0.29) is 5.02 Å². The molecule has 0 spiro atoms. The Balaban J connectivity index is 1.40. The molecule has 0 bridgehead atoms. The van der Waals surface area contributed by atoms with Crippen LogP contribution in [0.1, 0.15) is 36.0 Å². The van der Waals surface area contributed by atoms with E-state index in [2.05, 4.69) is 25.0 Å². The van der Waals surface area contributed by atoms with E-state index in [9.17, 15) is 4.39 Å². The molecule has 8 heteroatoms. The van der Waals surface area contributed by atoms with Gasteiger partial charge in [0.1, 0.15) is 17.5 Å². The summed E-state index contributed by atoms with van der Waals surface area (Å²) in [4.78, 5) is 2.33. The fourth-order valence-electron chi connectivity index (χ4n) is 3.69. The highest BCUT2D eigenvalue weighted by Gasteiger charge is 2.27. The van der Waals surface area contributed by atoms with Crippen molar-refractivity contribution in [3.05, 3.63) is 45.2 Å². The summed E-state index contributed by atoms with van der Waals surface area (Å²) in [5.41, 5.74) is 0.873. The minimum absolute atomic E-state index is 0.0118. The Hall–Kier alpha value is -1.21. The van der Waals surface area contributed by atoms with Crippen LogP contribution < -0.4 is 5.32 Å². The van der Waals surface area contributed by atoms with Crippen molar-refractivity contribution in [1.82, 2.24) is 25.0 Å². The molecule has 1 fully saturated rings. The number of hydrogen-bond acceptors (Lipinski definition) is 4. The van der Waals surface area contributed by atoms with Crippen LogP contribution in [0.3, 0.4) is 0 Å². The van der Waals surface area contributed by atoms with Gasteiger partial charge >= 0.3 is 0 Å². The molecule has 1 saturated heterocycles. The van der Waals surface area contributed by atoms with E-state index in [0.717, 1.165) is 62.8 Å². The molecule has 25 heavy (non-hydrogen) atoms. The fourth-order valence-corrected chi connectivity index (χ4v) is 4.09. The van der Waals surface area contributed by atoms with Gasteiger partial charge in [0.05, 0.1) is 16.6 Å². The molecule has 2 aromatic rings. The summed E-state index contributed by atoms with van der Waals surface area (Å²) in [6, 6.07) is 3.10. The topological polar surface area (TPSA) is 46.0 Å². The normalized spacial score (nSPS) is 19.2. The second-order valence-corrected chi connectivity index (χ2v) is 7.44. The van der Waals surface area contributed by atoms with Gasteiger partial charge in [0.2, 0.25) is 0 Å². The summed E-state index contributed by atoms with van der Waals surface area (Å²) in [6.07, 6.45) is 2.08. The third-order valence-electron chi connectivity index (χ3n) is 5.11. The number of aromatic nitrogens is 3. The SMILES string of the molecule is Fc1ccc(CN2CCC(c3nnc4n3CCNC4)CC2)c(Cl)c1Cl. The van der Waals surface area contributed by atoms with Crippen molar-refractivity contribution in [2.75, 3.05) is 19.6 Å². The van der Waals surface area contributed by atoms with Crippen molar-refractivity contribution >= 4 is 23.2 Å². The summed E-state index contributed by atoms with van der Waals surface area (Å²) in [5.74, 6) is 2.14. The standard InChI is InChI=1S/C17H20Cl2FN5/c18-15-12(1-2-13(20)16(15)19)10-24-6-3-11(4-7-24)17-23-22-14-9-21-5-8-25(14)17/h1-2,11,21H,3-10H2. The first-order chi connectivity index (χ1) is 12.1. The molecule has 0 atom stereocenters. The highest BCUT2D eigenvalue weighted by Crippen LogP contribution is 2.32. The van der Waals surface area contributed by atoms with Gasteiger partial charge in [-0.3, -0.25) is 4.90 Å². The van der Waals surface area contributed by atoms with E-state index in [0.29, 0.717) is 17.5 Å². The van der Waals surface area contributed by atoms with E-state index in [1.54, 1.807) is 6.07 Å². The maximum atomic E-state index is 13.4. The zero-order valence-electron chi connectivity index (χ0n) is 13.8. The van der Waals surface area contributed by atoms with Crippen LogP contribution in [0.2, 0.25) is 10.0 Å². The number of rotatable bonds is 3. The van der Waals surface area contributed by atoms with Crippen LogP contribution in [-0.4, -0.2) is 39.3 Å². The summed E-state index contributed by atoms with van der Waals surface area (Å²) in [7, 11) is 0. The maximum absolute atomic E-state index is 13.4. The molecule has 2 aliphatic heterocycles. The Morgan fingerprint density at radius 2 is 1.92 bits per heavy atom. The zero-order chi connectivity index (χ0) is 17.4. The van der Waals surface area contributed by atoms with Gasteiger partial charge in [-0.1, -0.05) is 29.3 Å². The van der Waals surface area contributed by atoms with Crippen LogP contribution in [0.25, 0.3) is 0 Å². The second-order valence-electron chi connectivity index (χ2n) is 6.69. The van der Waals surface area contributed by atoms with Crippen molar-refractivity contribution in [2.24, 2.45) is 0 Å². The Bertz CT molecular complexity index is 771. The molecule has 0 unspecified atom stereocenters. The lowest BCUT2D eigenvalue weighted by molar-refractivity contribution is 0.199. The van der Waals surface area contributed by atoms with Crippen molar-refractivity contribution in [3.63, 3.8) is 0 Å². The third-order valence-corrected chi connectivity index (χ3v) is 6.01. The van der Waals surface area contributed by atoms with Crippen LogP contribution >= 0.6 is 23.2 Å². The molecule has 5 nitrogen and oxygen atoms in total. The zero-order valence-corrected chi connectivity index (χ0v) is 15.3. The van der Waals surface area contributed by atoms with Crippen LogP contribution in [0.4, 0.5) is 4.39 Å². The van der Waals surface area contributed by atoms with Crippen molar-refractivity contribution < 1.29 is 4.39 Å². The number of nitrogens with zero attached hydrogens (tertiary/aromatic N) is 4. The van der Waals surface area contributed by atoms with E-state index in [1.165, 1.54) is 6.07 Å². The lowest BCUT2D eigenvalue weighted by atomic mass is 9.95. The number of hydrogen-bond donors (Lipinski definition) is 1. The van der Waals surface area contributed by atoms with Crippen LogP contribution in [-0.2, 0) is 19.6 Å². The monoisotopic (exact) mass is 383 g/mol. The summed E-state index contributed by atoms with van der Waals surface area (Å²) in [5, 5.41) is 12.4. The van der Waals surface area contributed by atoms with Gasteiger partial charge in [0.15, 0.2) is 0 Å². The summed E-state index contributed by atoms with van der Waals surface area (Å²) in [6.45, 7) is 5.32. The number of fused-ring (bicyclic) bond motifs is 1. The smallest absolute Gasteiger partial charge is 0.147 e. The fraction of sp³-hybridized carbons (Fsp3) is 0.529. The molecule has 2 aliphatic rings. The minimum Gasteiger partial charge on any atom is -0.312 e. The molecule has 1 N–H and O–H groups in total. The molecule has 0 radical (unpaired) electrons. The summed E-state index contributed by atoms with van der Waals surface area (Å²) < 4.78 is 15.7. The molecule has 4 rings (SSSR count). The van der Waals surface area contributed by atoms with Crippen LogP contribution in [0.5, 0.6) is 0 Å². The number of benzene rings is 1. The Labute approximate surface area is 156 Å². The molecule has 3 heterocycles. The average Bonchev–Trinajstić information content (AvgIpc) is 3.07. The quantitative estimate of drug-likeness (QED) is 0.826. The molecule has 0 saturated carbocycles. The molecule has 134 valence electrons. The van der Waals surface area contributed by atoms with E-state index in [4.69, 9.17) is 23.2 Å². The Morgan fingerprint density at radius 1 is 1.12 bits per heavy atom. The first-order valence-electron chi connectivity index (χ1n) is 8.61. The van der Waals surface area contributed by atoms with E-state index >= 15 is 0 Å². The van der Waals surface area contributed by atoms with E-state index < -0.39 is 5.82 Å². The number of halogens is 3. The third kappa shape index (κ3) is 3.40. The van der Waals surface area contributed by atoms with Crippen LogP contribution in [0.15, 0.2) is 12.1 Å². The minimum atomic E-state index is -0.472. The Kier molecular flexibility index (Phi) is 4.95. The molecular weight excluding hydrogens is 364 g/mol. The lowest BCUT2D eigenvalue weighted by Gasteiger charge is -2.32. The number of nitrogens with one attached hydrogen (secondary N) is 1. The predicted octanol–water partition coefficient (Wildman–Crippen LogP) is 3.21. The number of piperidine rings is 1. The number of likely N-dealkylation sites (tertiary alicyclic amines) is 1. The summed E-state index contributed by atoms with van der Waals surface area (Å²) >= 11 is 12.1. The van der Waals surface area contributed by atoms with Crippen molar-refractivity contribution in [1.29, 1.82) is 0 Å². The highest BCUT2D eigenvalue weighted by molar-refractivity contribution is 6.42. The first kappa shape index (κ1) is 17.2. The molecule has 0 aliphatic carbocycles. The van der Waals surface area contributed by atoms with Gasteiger partial charge in [-0.05, 0) is 37.6 Å². The van der Waals surface area contributed by atoms with Gasteiger partial charge in [0.25, 0.3) is 0 Å². The van der Waals surface area contributed by atoms with Crippen molar-refractivity contribution in [2.45, 2.75) is 38.4 Å². The van der Waals surface area contributed by atoms with Gasteiger partial charge in [0, 0.05) is 25.6 Å². The van der Waals surface area contributed by atoms with Crippen LogP contribution in [0, 0.1) is 5.82 Å². The van der Waals surface area contributed by atoms with Gasteiger partial charge in [-0.25, -0.2) is 4.39 Å². The molecule has 1 aromatic heterocycles. The largest absolute Gasteiger partial charge is 0.312 e.